The molecule has 6 heteroatoms. The molecular weight excluding hydrogens is 198 g/mol. The fraction of sp³-hybridized carbons (Fsp3) is 0.222. The topological polar surface area (TPSA) is 98.3 Å². The first kappa shape index (κ1) is 11.0. The van der Waals surface area contributed by atoms with E-state index in [9.17, 15) is 14.9 Å². The fourth-order valence-corrected chi connectivity index (χ4v) is 1.19. The minimum absolute atomic E-state index is 0.131. The summed E-state index contributed by atoms with van der Waals surface area (Å²) in [5.74, 6) is -0.686. The Labute approximate surface area is 86.2 Å². The van der Waals surface area contributed by atoms with E-state index in [4.69, 9.17) is 5.73 Å². The zero-order valence-electron chi connectivity index (χ0n) is 8.19. The molecule has 0 unspecified atom stereocenters. The Morgan fingerprint density at radius 1 is 1.60 bits per heavy atom. The number of nitrogens with two attached hydrogens (primary N) is 1. The van der Waals surface area contributed by atoms with E-state index in [1.807, 2.05) is 6.92 Å². The molecule has 0 saturated carbocycles. The summed E-state index contributed by atoms with van der Waals surface area (Å²) >= 11 is 0. The maximum absolute atomic E-state index is 11.0. The van der Waals surface area contributed by atoms with Crippen molar-refractivity contribution in [1.29, 1.82) is 0 Å². The van der Waals surface area contributed by atoms with E-state index in [1.165, 1.54) is 18.2 Å². The Kier molecular flexibility index (Phi) is 3.22. The van der Waals surface area contributed by atoms with E-state index in [1.54, 1.807) is 0 Å². The molecule has 0 fully saturated rings. The lowest BCUT2D eigenvalue weighted by Crippen LogP contribution is -2.14. The average molecular weight is 209 g/mol. The molecule has 0 aliphatic carbocycles. The third kappa shape index (κ3) is 2.43. The number of amides is 1. The van der Waals surface area contributed by atoms with Gasteiger partial charge >= 0.3 is 0 Å². The number of nitro groups is 1. The number of non-ortho nitro benzene ring substituents is 1. The molecule has 1 aromatic carbocycles. The first-order valence-electron chi connectivity index (χ1n) is 4.38. The van der Waals surface area contributed by atoms with E-state index in [2.05, 4.69) is 5.32 Å². The van der Waals surface area contributed by atoms with Gasteiger partial charge in [-0.25, -0.2) is 0 Å². The second-order valence-corrected chi connectivity index (χ2v) is 2.88. The molecule has 0 spiro atoms. The van der Waals surface area contributed by atoms with Crippen LogP contribution in [0.25, 0.3) is 0 Å². The summed E-state index contributed by atoms with van der Waals surface area (Å²) in [5, 5.41) is 13.4. The maximum atomic E-state index is 11.0. The fourth-order valence-electron chi connectivity index (χ4n) is 1.19. The smallest absolute Gasteiger partial charge is 0.270 e. The monoisotopic (exact) mass is 209 g/mol. The summed E-state index contributed by atoms with van der Waals surface area (Å²) < 4.78 is 0. The van der Waals surface area contributed by atoms with Crippen LogP contribution in [-0.2, 0) is 0 Å². The molecule has 0 atom stereocenters. The van der Waals surface area contributed by atoms with E-state index >= 15 is 0 Å². The molecule has 80 valence electrons. The van der Waals surface area contributed by atoms with Gasteiger partial charge < -0.3 is 11.1 Å². The number of nitro benzene ring substituents is 1. The van der Waals surface area contributed by atoms with Crippen molar-refractivity contribution in [1.82, 2.24) is 0 Å². The Morgan fingerprint density at radius 3 is 2.73 bits per heavy atom. The number of hydrogen-bond donors (Lipinski definition) is 2. The van der Waals surface area contributed by atoms with Crippen LogP contribution < -0.4 is 11.1 Å². The van der Waals surface area contributed by atoms with Gasteiger partial charge in [-0.1, -0.05) is 0 Å². The summed E-state index contributed by atoms with van der Waals surface area (Å²) in [4.78, 5) is 20.9. The van der Waals surface area contributed by atoms with Crippen molar-refractivity contribution < 1.29 is 9.72 Å². The van der Waals surface area contributed by atoms with Crippen LogP contribution in [0.3, 0.4) is 0 Å². The molecule has 6 nitrogen and oxygen atoms in total. The third-order valence-corrected chi connectivity index (χ3v) is 1.85. The summed E-state index contributed by atoms with van der Waals surface area (Å²) in [5.41, 5.74) is 5.61. The van der Waals surface area contributed by atoms with Crippen LogP contribution in [-0.4, -0.2) is 17.4 Å². The predicted molar refractivity (Wildman–Crippen MR) is 55.8 cm³/mol. The average Bonchev–Trinajstić information content (AvgIpc) is 2.18. The quantitative estimate of drug-likeness (QED) is 0.573. The number of nitrogens with zero attached hydrogens (tertiary/aromatic N) is 1. The highest BCUT2D eigenvalue weighted by atomic mass is 16.6. The lowest BCUT2D eigenvalue weighted by atomic mass is 10.1. The van der Waals surface area contributed by atoms with E-state index in [0.29, 0.717) is 12.2 Å². The van der Waals surface area contributed by atoms with Gasteiger partial charge in [-0.15, -0.1) is 0 Å². The molecule has 0 radical (unpaired) electrons. The molecule has 0 heterocycles. The van der Waals surface area contributed by atoms with Crippen LogP contribution in [0.2, 0.25) is 0 Å². The number of carbonyl (C=O) groups excluding carboxylic acids is 1. The second kappa shape index (κ2) is 4.41. The summed E-state index contributed by atoms with van der Waals surface area (Å²) in [6, 6.07) is 3.96. The van der Waals surface area contributed by atoms with Gasteiger partial charge in [0.15, 0.2) is 0 Å². The lowest BCUT2D eigenvalue weighted by Gasteiger charge is -2.07. The van der Waals surface area contributed by atoms with Crippen molar-refractivity contribution >= 4 is 17.3 Å². The van der Waals surface area contributed by atoms with Crippen molar-refractivity contribution in [2.45, 2.75) is 6.92 Å². The number of carbonyl (C=O) groups is 1. The van der Waals surface area contributed by atoms with Crippen LogP contribution in [0.5, 0.6) is 0 Å². The van der Waals surface area contributed by atoms with Gasteiger partial charge in [0, 0.05) is 24.4 Å². The maximum Gasteiger partial charge on any atom is 0.270 e. The summed E-state index contributed by atoms with van der Waals surface area (Å²) in [6.45, 7) is 2.46. The Hall–Kier alpha value is -2.11. The van der Waals surface area contributed by atoms with Crippen LogP contribution in [0, 0.1) is 10.1 Å². The Balaban J connectivity index is 3.20. The Morgan fingerprint density at radius 2 is 2.27 bits per heavy atom. The number of anilines is 1. The third-order valence-electron chi connectivity index (χ3n) is 1.85. The van der Waals surface area contributed by atoms with Crippen LogP contribution in [0.4, 0.5) is 11.4 Å². The van der Waals surface area contributed by atoms with Gasteiger partial charge in [0.25, 0.3) is 11.6 Å². The van der Waals surface area contributed by atoms with Gasteiger partial charge in [-0.2, -0.15) is 0 Å². The number of benzene rings is 1. The number of rotatable bonds is 4. The molecule has 0 saturated heterocycles. The number of nitrogens with one attached hydrogen (secondary N) is 1. The second-order valence-electron chi connectivity index (χ2n) is 2.88. The zero-order valence-corrected chi connectivity index (χ0v) is 8.19. The van der Waals surface area contributed by atoms with Crippen LogP contribution >= 0.6 is 0 Å². The highest BCUT2D eigenvalue weighted by Gasteiger charge is 2.13. The first-order valence-corrected chi connectivity index (χ1v) is 4.38. The Bertz CT molecular complexity index is 404. The van der Waals surface area contributed by atoms with Crippen molar-refractivity contribution in [3.8, 4) is 0 Å². The van der Waals surface area contributed by atoms with Gasteiger partial charge in [0.2, 0.25) is 0 Å². The van der Waals surface area contributed by atoms with Gasteiger partial charge in [-0.3, -0.25) is 14.9 Å². The largest absolute Gasteiger partial charge is 0.385 e. The van der Waals surface area contributed by atoms with Gasteiger partial charge in [-0.05, 0) is 13.0 Å². The number of primary amides is 1. The van der Waals surface area contributed by atoms with Gasteiger partial charge in [0.1, 0.15) is 0 Å². The van der Waals surface area contributed by atoms with E-state index < -0.39 is 10.8 Å². The highest BCUT2D eigenvalue weighted by Crippen LogP contribution is 2.21. The molecule has 0 aromatic heterocycles. The van der Waals surface area contributed by atoms with Crippen molar-refractivity contribution in [3.05, 3.63) is 33.9 Å². The molecule has 0 bridgehead atoms. The molecule has 0 aliphatic heterocycles. The van der Waals surface area contributed by atoms with Crippen LogP contribution in [0.1, 0.15) is 17.3 Å². The van der Waals surface area contributed by atoms with Crippen molar-refractivity contribution in [3.63, 3.8) is 0 Å². The highest BCUT2D eigenvalue weighted by molar-refractivity contribution is 5.99. The molecule has 1 rings (SSSR count). The molecule has 1 amide bonds. The van der Waals surface area contributed by atoms with Crippen molar-refractivity contribution in [2.24, 2.45) is 5.73 Å². The normalized spacial score (nSPS) is 9.67. The molecule has 0 aliphatic rings. The molecule has 3 N–H and O–H groups in total. The molecule has 15 heavy (non-hydrogen) atoms. The lowest BCUT2D eigenvalue weighted by molar-refractivity contribution is -0.384. The zero-order chi connectivity index (χ0) is 11.4. The number of hydrogen-bond acceptors (Lipinski definition) is 4. The standard InChI is InChI=1S/C9H11N3O3/c1-2-11-8-4-3-6(12(14)15)5-7(8)9(10)13/h3-5,11H,2H2,1H3,(H2,10,13). The SMILES string of the molecule is CCNc1ccc([N+](=O)[O-])cc1C(N)=O. The summed E-state index contributed by atoms with van der Waals surface area (Å²) in [7, 11) is 0. The van der Waals surface area contributed by atoms with Crippen LogP contribution in [0.15, 0.2) is 18.2 Å². The van der Waals surface area contributed by atoms with E-state index in [-0.39, 0.29) is 11.3 Å². The summed E-state index contributed by atoms with van der Waals surface area (Å²) in [6.07, 6.45) is 0. The first-order chi connectivity index (χ1) is 7.06. The molecular formula is C9H11N3O3. The minimum atomic E-state index is -0.686. The van der Waals surface area contributed by atoms with Crippen molar-refractivity contribution in [2.75, 3.05) is 11.9 Å². The van der Waals surface area contributed by atoms with Gasteiger partial charge in [0.05, 0.1) is 10.5 Å². The van der Waals surface area contributed by atoms with E-state index in [0.717, 1.165) is 0 Å². The minimum Gasteiger partial charge on any atom is -0.385 e. The predicted octanol–water partition coefficient (Wildman–Crippen LogP) is 1.13. The molecule has 1 aromatic rings.